The molecule has 0 saturated carbocycles. The second kappa shape index (κ2) is 9.26. The third-order valence-corrected chi connectivity index (χ3v) is 5.72. The average Bonchev–Trinajstić information content (AvgIpc) is 3.02. The van der Waals surface area contributed by atoms with Crippen molar-refractivity contribution in [3.8, 4) is 10.4 Å². The van der Waals surface area contributed by atoms with Gasteiger partial charge in [-0.3, -0.25) is 0 Å². The molecule has 5 nitrogen and oxygen atoms in total. The summed E-state index contributed by atoms with van der Waals surface area (Å²) in [6.07, 6.45) is -0.401. The van der Waals surface area contributed by atoms with Crippen LogP contribution in [0.2, 0.25) is 0 Å². The van der Waals surface area contributed by atoms with E-state index in [9.17, 15) is 4.79 Å². The molecule has 160 valence electrons. The van der Waals surface area contributed by atoms with Gasteiger partial charge in [-0.05, 0) is 51.2 Å². The fraction of sp³-hybridized carbons (Fsp3) is 0.565. The van der Waals surface area contributed by atoms with E-state index in [1.165, 1.54) is 0 Å². The highest BCUT2D eigenvalue weighted by Crippen LogP contribution is 2.29. The minimum Gasteiger partial charge on any atom is -0.444 e. The lowest BCUT2D eigenvalue weighted by molar-refractivity contribution is -0.0174. The van der Waals surface area contributed by atoms with Crippen molar-refractivity contribution in [1.82, 2.24) is 10.3 Å². The molecule has 6 heteroatoms. The van der Waals surface area contributed by atoms with Crippen molar-refractivity contribution in [2.75, 3.05) is 6.61 Å². The van der Waals surface area contributed by atoms with Gasteiger partial charge in [0.2, 0.25) is 0 Å². The van der Waals surface area contributed by atoms with Gasteiger partial charge in [-0.2, -0.15) is 0 Å². The molecule has 1 aromatic carbocycles. The molecule has 0 aliphatic heterocycles. The summed E-state index contributed by atoms with van der Waals surface area (Å²) in [6.45, 7) is 16.4. The molecular weight excluding hydrogens is 384 g/mol. The van der Waals surface area contributed by atoms with Gasteiger partial charge in [0.1, 0.15) is 5.60 Å². The molecule has 2 atom stereocenters. The first-order valence-corrected chi connectivity index (χ1v) is 10.9. The molecule has 0 radical (unpaired) electrons. The predicted molar refractivity (Wildman–Crippen MR) is 119 cm³/mol. The molecule has 0 aliphatic carbocycles. The van der Waals surface area contributed by atoms with Crippen LogP contribution < -0.4 is 5.32 Å². The van der Waals surface area contributed by atoms with Crippen LogP contribution in [0.3, 0.4) is 0 Å². The number of alkyl carbamates (subject to hydrolysis) is 1. The van der Waals surface area contributed by atoms with Gasteiger partial charge < -0.3 is 14.8 Å². The number of aromatic nitrogens is 1. The Morgan fingerprint density at radius 2 is 1.76 bits per heavy atom. The number of ether oxygens (including phenoxy) is 2. The van der Waals surface area contributed by atoms with Crippen molar-refractivity contribution in [2.24, 2.45) is 5.41 Å². The van der Waals surface area contributed by atoms with E-state index in [1.54, 1.807) is 11.3 Å². The summed E-state index contributed by atoms with van der Waals surface area (Å²) in [5.41, 5.74) is 4.43. The van der Waals surface area contributed by atoms with Crippen LogP contribution in [-0.2, 0) is 9.47 Å². The van der Waals surface area contributed by atoms with Crippen molar-refractivity contribution in [3.63, 3.8) is 0 Å². The van der Waals surface area contributed by atoms with Crippen LogP contribution in [0.25, 0.3) is 10.4 Å². The summed E-state index contributed by atoms with van der Waals surface area (Å²) in [7, 11) is 0. The second-order valence-electron chi connectivity index (χ2n) is 9.43. The molecule has 1 amide bonds. The Bertz CT molecular complexity index is 801. The summed E-state index contributed by atoms with van der Waals surface area (Å²) < 4.78 is 11.5. The maximum atomic E-state index is 12.4. The van der Waals surface area contributed by atoms with E-state index in [0.717, 1.165) is 21.7 Å². The van der Waals surface area contributed by atoms with Crippen LogP contribution >= 0.6 is 11.3 Å². The Balaban J connectivity index is 2.19. The lowest BCUT2D eigenvalue weighted by atomic mass is 9.90. The molecule has 29 heavy (non-hydrogen) atoms. The van der Waals surface area contributed by atoms with Crippen LogP contribution in [0.5, 0.6) is 0 Å². The fourth-order valence-electron chi connectivity index (χ4n) is 2.61. The quantitative estimate of drug-likeness (QED) is 0.612. The number of thiazole rings is 1. The molecule has 0 saturated heterocycles. The monoisotopic (exact) mass is 418 g/mol. The van der Waals surface area contributed by atoms with Crippen LogP contribution in [0.4, 0.5) is 4.79 Å². The normalized spacial score (nSPS) is 14.3. The van der Waals surface area contributed by atoms with Gasteiger partial charge in [0.15, 0.2) is 0 Å². The summed E-state index contributed by atoms with van der Waals surface area (Å²) >= 11 is 1.63. The number of nitrogens with zero attached hydrogens (tertiary/aromatic N) is 1. The van der Waals surface area contributed by atoms with Gasteiger partial charge in [0.05, 0.1) is 34.8 Å². The Hall–Kier alpha value is -1.92. The second-order valence-corrected chi connectivity index (χ2v) is 10.3. The first kappa shape index (κ1) is 23.4. The van der Waals surface area contributed by atoms with E-state index in [-0.39, 0.29) is 17.6 Å². The predicted octanol–water partition coefficient (Wildman–Crippen LogP) is 6.14. The van der Waals surface area contributed by atoms with Crippen molar-refractivity contribution in [2.45, 2.75) is 73.1 Å². The first-order valence-electron chi connectivity index (χ1n) is 9.98. The highest BCUT2D eigenvalue weighted by atomic mass is 32.1. The van der Waals surface area contributed by atoms with Crippen LogP contribution in [-0.4, -0.2) is 29.4 Å². The van der Waals surface area contributed by atoms with Crippen molar-refractivity contribution in [1.29, 1.82) is 0 Å². The molecule has 0 aliphatic rings. The Morgan fingerprint density at radius 1 is 1.14 bits per heavy atom. The number of hydrogen-bond donors (Lipinski definition) is 1. The molecule has 0 bridgehead atoms. The first-order chi connectivity index (χ1) is 13.4. The maximum absolute atomic E-state index is 12.4. The molecule has 2 aromatic rings. The van der Waals surface area contributed by atoms with Gasteiger partial charge >= 0.3 is 6.09 Å². The van der Waals surface area contributed by atoms with Crippen LogP contribution in [0.15, 0.2) is 29.8 Å². The van der Waals surface area contributed by atoms with Crippen LogP contribution in [0.1, 0.15) is 65.8 Å². The average molecular weight is 419 g/mol. The molecule has 1 heterocycles. The Morgan fingerprint density at radius 3 is 2.24 bits per heavy atom. The van der Waals surface area contributed by atoms with E-state index in [4.69, 9.17) is 9.47 Å². The Labute approximate surface area is 178 Å². The highest BCUT2D eigenvalue weighted by molar-refractivity contribution is 7.13. The molecule has 0 fully saturated rings. The van der Waals surface area contributed by atoms with E-state index in [0.29, 0.717) is 6.61 Å². The van der Waals surface area contributed by atoms with Crippen LogP contribution in [0, 0.1) is 12.3 Å². The largest absolute Gasteiger partial charge is 0.444 e. The molecule has 1 aromatic heterocycles. The van der Waals surface area contributed by atoms with Crippen molar-refractivity contribution < 1.29 is 14.3 Å². The number of hydrogen-bond acceptors (Lipinski definition) is 5. The summed E-state index contributed by atoms with van der Waals surface area (Å²) in [6, 6.07) is 7.88. The minimum absolute atomic E-state index is 0.0179. The zero-order chi connectivity index (χ0) is 21.8. The lowest BCUT2D eigenvalue weighted by Gasteiger charge is -2.30. The highest BCUT2D eigenvalue weighted by Gasteiger charge is 2.25. The van der Waals surface area contributed by atoms with Gasteiger partial charge in [-0.15, -0.1) is 11.3 Å². The standard InChI is InChI=1S/C23H34N2O3S/c1-15-20(29-14-24-15)18-11-9-17(10-12-18)19(13-27-16(2)22(3,4)5)25-21(26)28-23(6,7)8/h9-12,14,16,19H,13H2,1-8H3,(H,25,26)/t16?,19-/m0/s1. The number of carbonyl (C=O) groups excluding carboxylic acids is 1. The molecule has 1 unspecified atom stereocenters. The molecule has 2 rings (SSSR count). The zero-order valence-corrected chi connectivity index (χ0v) is 19.6. The smallest absolute Gasteiger partial charge is 0.408 e. The van der Waals surface area contributed by atoms with Crippen molar-refractivity contribution >= 4 is 17.4 Å². The number of rotatable bonds is 6. The summed E-state index contributed by atoms with van der Waals surface area (Å²) in [4.78, 5) is 17.9. The molecular formula is C23H34N2O3S. The number of aryl methyl sites for hydroxylation is 1. The Kier molecular flexibility index (Phi) is 7.46. The lowest BCUT2D eigenvalue weighted by Crippen LogP contribution is -2.38. The van der Waals surface area contributed by atoms with E-state index in [2.05, 4.69) is 50.1 Å². The van der Waals surface area contributed by atoms with E-state index >= 15 is 0 Å². The number of nitrogens with one attached hydrogen (secondary N) is 1. The third-order valence-electron chi connectivity index (χ3n) is 4.74. The maximum Gasteiger partial charge on any atom is 0.408 e. The van der Waals surface area contributed by atoms with Gasteiger partial charge in [-0.1, -0.05) is 45.0 Å². The summed E-state index contributed by atoms with van der Waals surface area (Å²) in [5.74, 6) is 0. The van der Waals surface area contributed by atoms with Crippen molar-refractivity contribution in [3.05, 3.63) is 41.0 Å². The SMILES string of the molecule is Cc1ncsc1-c1ccc([C@H](COC(C)C(C)(C)C)NC(=O)OC(C)(C)C)cc1. The molecule has 1 N–H and O–H groups in total. The third kappa shape index (κ3) is 7.12. The van der Waals surface area contributed by atoms with E-state index in [1.807, 2.05) is 45.3 Å². The number of amides is 1. The van der Waals surface area contributed by atoms with Gasteiger partial charge in [0.25, 0.3) is 0 Å². The van der Waals surface area contributed by atoms with Gasteiger partial charge in [0, 0.05) is 0 Å². The van der Waals surface area contributed by atoms with E-state index < -0.39 is 11.7 Å². The number of carbonyl (C=O) groups is 1. The fourth-order valence-corrected chi connectivity index (χ4v) is 3.42. The minimum atomic E-state index is -0.554. The number of benzene rings is 1. The van der Waals surface area contributed by atoms with Gasteiger partial charge in [-0.25, -0.2) is 9.78 Å². The summed E-state index contributed by atoms with van der Waals surface area (Å²) in [5, 5.41) is 2.97. The zero-order valence-electron chi connectivity index (χ0n) is 18.8. The molecule has 0 spiro atoms. The topological polar surface area (TPSA) is 60.5 Å².